The minimum Gasteiger partial charge on any atom is -0.272 e. The Labute approximate surface area is 182 Å². The molecule has 0 spiro atoms. The molecule has 0 aliphatic carbocycles. The van der Waals surface area contributed by atoms with Crippen LogP contribution in [0.1, 0.15) is 16.8 Å². The highest BCUT2D eigenvalue weighted by atomic mass is 32.2. The second-order valence-corrected chi connectivity index (χ2v) is 8.87. The highest BCUT2D eigenvalue weighted by molar-refractivity contribution is 7.89. The number of aromatic nitrogens is 1. The van der Waals surface area contributed by atoms with Crippen molar-refractivity contribution in [3.05, 3.63) is 95.8 Å². The number of sulfonamides is 1. The van der Waals surface area contributed by atoms with E-state index in [2.05, 4.69) is 15.5 Å². The number of hydrogen-bond acceptors (Lipinski definition) is 5. The summed E-state index contributed by atoms with van der Waals surface area (Å²) in [6.07, 6.45) is 3.50. The van der Waals surface area contributed by atoms with Crippen LogP contribution in [0.2, 0.25) is 0 Å². The van der Waals surface area contributed by atoms with Gasteiger partial charge in [0.25, 0.3) is 5.91 Å². The van der Waals surface area contributed by atoms with Gasteiger partial charge in [-0.1, -0.05) is 54.1 Å². The van der Waals surface area contributed by atoms with Gasteiger partial charge in [-0.05, 0) is 43.2 Å². The first-order valence-electron chi connectivity index (χ1n) is 9.79. The van der Waals surface area contributed by atoms with Gasteiger partial charge in [0.05, 0.1) is 23.3 Å². The van der Waals surface area contributed by atoms with Gasteiger partial charge < -0.3 is 0 Å². The molecule has 7 nitrogen and oxygen atoms in total. The van der Waals surface area contributed by atoms with Crippen LogP contribution in [0.15, 0.2) is 89.0 Å². The van der Waals surface area contributed by atoms with Crippen molar-refractivity contribution in [2.75, 3.05) is 13.1 Å². The Bertz CT molecular complexity index is 1120. The van der Waals surface area contributed by atoms with Crippen molar-refractivity contribution in [3.8, 4) is 0 Å². The number of hydrogen-bond donors (Lipinski definition) is 1. The number of amides is 1. The lowest BCUT2D eigenvalue weighted by Crippen LogP contribution is -2.40. The largest absolute Gasteiger partial charge is 0.272 e. The molecule has 0 unspecified atom stereocenters. The van der Waals surface area contributed by atoms with E-state index in [1.807, 2.05) is 37.3 Å². The Balaban J connectivity index is 1.73. The van der Waals surface area contributed by atoms with E-state index in [-0.39, 0.29) is 18.0 Å². The van der Waals surface area contributed by atoms with Crippen LogP contribution in [-0.4, -0.2) is 42.9 Å². The van der Waals surface area contributed by atoms with Crippen molar-refractivity contribution in [2.45, 2.75) is 18.2 Å². The Morgan fingerprint density at radius 3 is 2.42 bits per heavy atom. The molecule has 1 amide bonds. The van der Waals surface area contributed by atoms with E-state index in [1.54, 1.807) is 48.7 Å². The second-order valence-electron chi connectivity index (χ2n) is 6.94. The summed E-state index contributed by atoms with van der Waals surface area (Å²) in [6, 6.07) is 21.4. The monoisotopic (exact) mass is 436 g/mol. The molecule has 3 rings (SSSR count). The molecule has 1 N–H and O–H groups in total. The smallest absolute Gasteiger partial charge is 0.255 e. The molecule has 0 atom stereocenters. The number of rotatable bonds is 9. The second kappa shape index (κ2) is 10.6. The van der Waals surface area contributed by atoms with Crippen molar-refractivity contribution in [2.24, 2.45) is 5.10 Å². The molecular weight excluding hydrogens is 412 g/mol. The summed E-state index contributed by atoms with van der Waals surface area (Å²) in [7, 11) is -3.85. The molecule has 3 aromatic rings. The number of carbonyl (C=O) groups is 1. The number of benzene rings is 2. The van der Waals surface area contributed by atoms with Gasteiger partial charge in [-0.15, -0.1) is 0 Å². The summed E-state index contributed by atoms with van der Waals surface area (Å²) in [5, 5.41) is 3.87. The summed E-state index contributed by atoms with van der Waals surface area (Å²) in [5.41, 5.74) is 4.90. The van der Waals surface area contributed by atoms with Gasteiger partial charge in [-0.3, -0.25) is 9.78 Å². The van der Waals surface area contributed by atoms with Crippen LogP contribution in [0.4, 0.5) is 0 Å². The van der Waals surface area contributed by atoms with E-state index >= 15 is 0 Å². The molecule has 31 heavy (non-hydrogen) atoms. The number of pyridine rings is 1. The number of aryl methyl sites for hydroxylation is 1. The first-order chi connectivity index (χ1) is 14.9. The average molecular weight is 437 g/mol. The molecule has 0 saturated carbocycles. The molecular formula is C23H24N4O3S. The number of hydrazone groups is 1. The van der Waals surface area contributed by atoms with Gasteiger partial charge in [0.1, 0.15) is 0 Å². The van der Waals surface area contributed by atoms with E-state index < -0.39 is 15.9 Å². The molecule has 0 fully saturated rings. The van der Waals surface area contributed by atoms with Crippen molar-refractivity contribution >= 4 is 22.1 Å². The Morgan fingerprint density at radius 2 is 1.74 bits per heavy atom. The third-order valence-electron chi connectivity index (χ3n) is 4.55. The molecule has 1 heterocycles. The van der Waals surface area contributed by atoms with Gasteiger partial charge in [0.2, 0.25) is 10.0 Å². The molecule has 2 aromatic carbocycles. The minimum atomic E-state index is -3.85. The molecule has 160 valence electrons. The fourth-order valence-electron chi connectivity index (χ4n) is 2.86. The molecule has 0 aliphatic heterocycles. The zero-order valence-electron chi connectivity index (χ0n) is 17.2. The van der Waals surface area contributed by atoms with Crippen LogP contribution in [0.3, 0.4) is 0 Å². The van der Waals surface area contributed by atoms with Crippen LogP contribution in [0, 0.1) is 6.92 Å². The SMILES string of the molecule is Cc1ccc(S(=O)(=O)N(CCc2ccccc2)CC(=O)N/N=C\c2ccccn2)cc1. The van der Waals surface area contributed by atoms with E-state index in [9.17, 15) is 13.2 Å². The third-order valence-corrected chi connectivity index (χ3v) is 6.40. The van der Waals surface area contributed by atoms with E-state index in [0.29, 0.717) is 12.1 Å². The van der Waals surface area contributed by atoms with Crippen LogP contribution in [-0.2, 0) is 21.2 Å². The predicted molar refractivity (Wildman–Crippen MR) is 120 cm³/mol. The van der Waals surface area contributed by atoms with Gasteiger partial charge >= 0.3 is 0 Å². The first-order valence-corrected chi connectivity index (χ1v) is 11.2. The van der Waals surface area contributed by atoms with Crippen molar-refractivity contribution in [1.82, 2.24) is 14.7 Å². The summed E-state index contributed by atoms with van der Waals surface area (Å²) < 4.78 is 27.6. The van der Waals surface area contributed by atoms with Crippen molar-refractivity contribution < 1.29 is 13.2 Å². The third kappa shape index (κ3) is 6.56. The lowest BCUT2D eigenvalue weighted by molar-refractivity contribution is -0.121. The Morgan fingerprint density at radius 1 is 1.03 bits per heavy atom. The van der Waals surface area contributed by atoms with E-state index in [1.165, 1.54) is 10.5 Å². The summed E-state index contributed by atoms with van der Waals surface area (Å²) in [5.74, 6) is -0.532. The highest BCUT2D eigenvalue weighted by Gasteiger charge is 2.26. The van der Waals surface area contributed by atoms with Crippen LogP contribution in [0.25, 0.3) is 0 Å². The maximum atomic E-state index is 13.2. The average Bonchev–Trinajstić information content (AvgIpc) is 2.78. The number of nitrogens with zero attached hydrogens (tertiary/aromatic N) is 3. The van der Waals surface area contributed by atoms with Gasteiger partial charge in [0.15, 0.2) is 0 Å². The maximum Gasteiger partial charge on any atom is 0.255 e. The Hall–Kier alpha value is -3.36. The lowest BCUT2D eigenvalue weighted by atomic mass is 10.1. The molecule has 0 radical (unpaired) electrons. The van der Waals surface area contributed by atoms with Crippen LogP contribution < -0.4 is 5.43 Å². The standard InChI is InChI=1S/C23H24N4O3S/c1-19-10-12-22(13-11-19)31(29,30)27(16-14-20-7-3-2-4-8-20)18-23(28)26-25-17-21-9-5-6-15-24-21/h2-13,15,17H,14,16,18H2,1H3,(H,26,28)/b25-17-. The molecule has 0 saturated heterocycles. The molecule has 0 bridgehead atoms. The van der Waals surface area contributed by atoms with Crippen LogP contribution >= 0.6 is 0 Å². The predicted octanol–water partition coefficient (Wildman–Crippen LogP) is 2.77. The maximum absolute atomic E-state index is 13.2. The summed E-state index contributed by atoms with van der Waals surface area (Å²) in [6.45, 7) is 1.71. The number of carbonyl (C=O) groups excluding carboxylic acids is 1. The minimum absolute atomic E-state index is 0.149. The number of nitrogens with one attached hydrogen (secondary N) is 1. The summed E-state index contributed by atoms with van der Waals surface area (Å²) >= 11 is 0. The van der Waals surface area contributed by atoms with Crippen molar-refractivity contribution in [1.29, 1.82) is 0 Å². The first kappa shape index (κ1) is 22.3. The summed E-state index contributed by atoms with van der Waals surface area (Å²) in [4.78, 5) is 16.7. The van der Waals surface area contributed by atoms with E-state index in [4.69, 9.17) is 0 Å². The quantitative estimate of drug-likeness (QED) is 0.412. The van der Waals surface area contributed by atoms with E-state index in [0.717, 1.165) is 11.1 Å². The molecule has 8 heteroatoms. The van der Waals surface area contributed by atoms with Crippen molar-refractivity contribution in [3.63, 3.8) is 0 Å². The highest BCUT2D eigenvalue weighted by Crippen LogP contribution is 2.17. The van der Waals surface area contributed by atoms with Gasteiger partial charge in [0, 0.05) is 12.7 Å². The molecule has 0 aliphatic rings. The van der Waals surface area contributed by atoms with Crippen LogP contribution in [0.5, 0.6) is 0 Å². The normalized spacial score (nSPS) is 11.7. The fourth-order valence-corrected chi connectivity index (χ4v) is 4.26. The van der Waals surface area contributed by atoms with Gasteiger partial charge in [-0.25, -0.2) is 13.8 Å². The molecule has 1 aromatic heterocycles. The fraction of sp³-hybridized carbons (Fsp3) is 0.174. The Kier molecular flexibility index (Phi) is 7.64. The lowest BCUT2D eigenvalue weighted by Gasteiger charge is -2.21. The zero-order chi connectivity index (χ0) is 22.1. The van der Waals surface area contributed by atoms with Gasteiger partial charge in [-0.2, -0.15) is 9.41 Å². The topological polar surface area (TPSA) is 91.7 Å². The zero-order valence-corrected chi connectivity index (χ0v) is 18.0.